The Balaban J connectivity index is 2.65. The molecule has 4 N–H and O–H groups in total. The van der Waals surface area contributed by atoms with Gasteiger partial charge in [0.05, 0.1) is 6.61 Å². The van der Waals surface area contributed by atoms with Crippen molar-refractivity contribution in [3.05, 3.63) is 0 Å². The first kappa shape index (κ1) is 14.2. The van der Waals surface area contributed by atoms with Gasteiger partial charge < -0.3 is 25.2 Å². The zero-order chi connectivity index (χ0) is 13.0. The van der Waals surface area contributed by atoms with E-state index in [1.807, 2.05) is 0 Å². The number of nitrogens with zero attached hydrogens (tertiary/aromatic N) is 1. The van der Waals surface area contributed by atoms with E-state index in [1.165, 1.54) is 13.1 Å². The summed E-state index contributed by atoms with van der Waals surface area (Å²) in [6.45, 7) is 0.892. The van der Waals surface area contributed by atoms with Crippen molar-refractivity contribution in [3.63, 3.8) is 0 Å². The number of hydrogen-bond acceptors (Lipinski definition) is 7. The normalized spacial score (nSPS) is 38.5. The SMILES string of the molecule is CC(=O)CC=N[C@@H]1O[C@H](CO)[C@H](O)[C@@H](O)[C@H]1O. The van der Waals surface area contributed by atoms with Crippen LogP contribution in [0.1, 0.15) is 13.3 Å². The summed E-state index contributed by atoms with van der Waals surface area (Å²) in [4.78, 5) is 14.5. The van der Waals surface area contributed by atoms with Crippen molar-refractivity contribution in [2.45, 2.75) is 44.0 Å². The van der Waals surface area contributed by atoms with E-state index < -0.39 is 37.3 Å². The third kappa shape index (κ3) is 3.55. The van der Waals surface area contributed by atoms with E-state index in [0.717, 1.165) is 0 Å². The smallest absolute Gasteiger partial charge is 0.176 e. The first-order valence-corrected chi connectivity index (χ1v) is 5.29. The van der Waals surface area contributed by atoms with Gasteiger partial charge in [0, 0.05) is 12.6 Å². The molecule has 1 aliphatic heterocycles. The molecule has 0 spiro atoms. The van der Waals surface area contributed by atoms with Crippen molar-refractivity contribution in [1.82, 2.24) is 0 Å². The van der Waals surface area contributed by atoms with Crippen LogP contribution in [0.5, 0.6) is 0 Å². The molecular weight excluding hydrogens is 230 g/mol. The van der Waals surface area contributed by atoms with Gasteiger partial charge in [-0.25, -0.2) is 0 Å². The lowest BCUT2D eigenvalue weighted by molar-refractivity contribution is -0.226. The number of ketones is 1. The van der Waals surface area contributed by atoms with Gasteiger partial charge in [0.1, 0.15) is 30.2 Å². The van der Waals surface area contributed by atoms with E-state index in [-0.39, 0.29) is 12.2 Å². The zero-order valence-electron chi connectivity index (χ0n) is 9.43. The monoisotopic (exact) mass is 247 g/mol. The molecule has 0 bridgehead atoms. The van der Waals surface area contributed by atoms with Gasteiger partial charge in [-0.1, -0.05) is 0 Å². The summed E-state index contributed by atoms with van der Waals surface area (Å²) in [5.41, 5.74) is 0. The molecule has 0 aromatic rings. The largest absolute Gasteiger partial charge is 0.394 e. The van der Waals surface area contributed by atoms with E-state index in [0.29, 0.717) is 0 Å². The van der Waals surface area contributed by atoms with Crippen LogP contribution in [0.25, 0.3) is 0 Å². The number of rotatable bonds is 4. The number of Topliss-reactive ketones (excluding diaryl/α,β-unsaturated/α-hetero) is 1. The maximum Gasteiger partial charge on any atom is 0.176 e. The molecule has 0 aromatic carbocycles. The summed E-state index contributed by atoms with van der Waals surface area (Å²) in [7, 11) is 0. The van der Waals surface area contributed by atoms with Crippen molar-refractivity contribution in [2.24, 2.45) is 4.99 Å². The molecule has 0 aromatic heterocycles. The van der Waals surface area contributed by atoms with Gasteiger partial charge in [0.15, 0.2) is 6.23 Å². The number of ether oxygens (including phenoxy) is 1. The Labute approximate surface area is 98.4 Å². The lowest BCUT2D eigenvalue weighted by Gasteiger charge is -2.38. The molecule has 0 aliphatic carbocycles. The van der Waals surface area contributed by atoms with Crippen LogP contribution in [0.3, 0.4) is 0 Å². The highest BCUT2D eigenvalue weighted by Gasteiger charge is 2.43. The topological polar surface area (TPSA) is 120 Å². The van der Waals surface area contributed by atoms with E-state index in [9.17, 15) is 20.1 Å². The summed E-state index contributed by atoms with van der Waals surface area (Å²) in [6.07, 6.45) is -4.94. The molecule has 7 heteroatoms. The van der Waals surface area contributed by atoms with Gasteiger partial charge in [-0.15, -0.1) is 0 Å². The van der Waals surface area contributed by atoms with Crippen molar-refractivity contribution >= 4 is 12.0 Å². The number of carbonyl (C=O) groups is 1. The van der Waals surface area contributed by atoms with Crippen LogP contribution >= 0.6 is 0 Å². The molecule has 0 unspecified atom stereocenters. The second-order valence-corrected chi connectivity index (χ2v) is 3.96. The van der Waals surface area contributed by atoms with Crippen molar-refractivity contribution < 1.29 is 30.0 Å². The van der Waals surface area contributed by atoms with Crippen LogP contribution < -0.4 is 0 Å². The maximum atomic E-state index is 10.7. The number of aliphatic imine (C=N–C) groups is 1. The maximum absolute atomic E-state index is 10.7. The van der Waals surface area contributed by atoms with Crippen LogP contribution in [0.2, 0.25) is 0 Å². The average Bonchev–Trinajstić information content (AvgIpc) is 2.29. The Morgan fingerprint density at radius 3 is 2.47 bits per heavy atom. The zero-order valence-corrected chi connectivity index (χ0v) is 9.43. The molecule has 0 saturated carbocycles. The number of aliphatic hydroxyl groups is 4. The van der Waals surface area contributed by atoms with Gasteiger partial charge in [-0.2, -0.15) is 0 Å². The van der Waals surface area contributed by atoms with Crippen LogP contribution in [-0.4, -0.2) is 69.7 Å². The first-order chi connectivity index (χ1) is 7.97. The Morgan fingerprint density at radius 2 is 1.94 bits per heavy atom. The fourth-order valence-corrected chi connectivity index (χ4v) is 1.49. The molecule has 1 fully saturated rings. The molecular formula is C10H17NO6. The number of hydrogen-bond donors (Lipinski definition) is 4. The Bertz CT molecular complexity index is 293. The third-order valence-corrected chi connectivity index (χ3v) is 2.50. The van der Waals surface area contributed by atoms with Crippen molar-refractivity contribution in [1.29, 1.82) is 0 Å². The Morgan fingerprint density at radius 1 is 1.29 bits per heavy atom. The highest BCUT2D eigenvalue weighted by Crippen LogP contribution is 2.21. The van der Waals surface area contributed by atoms with Gasteiger partial charge in [0.25, 0.3) is 0 Å². The average molecular weight is 247 g/mol. The lowest BCUT2D eigenvalue weighted by Crippen LogP contribution is -2.57. The lowest BCUT2D eigenvalue weighted by atomic mass is 9.99. The minimum Gasteiger partial charge on any atom is -0.394 e. The molecule has 1 saturated heterocycles. The van der Waals surface area contributed by atoms with Crippen molar-refractivity contribution in [3.8, 4) is 0 Å². The van der Waals surface area contributed by atoms with Gasteiger partial charge >= 0.3 is 0 Å². The first-order valence-electron chi connectivity index (χ1n) is 5.29. The summed E-state index contributed by atoms with van der Waals surface area (Å²) in [5, 5.41) is 37.4. The molecule has 98 valence electrons. The molecule has 17 heavy (non-hydrogen) atoms. The van der Waals surface area contributed by atoms with Gasteiger partial charge in [-0.3, -0.25) is 9.79 Å². The summed E-state index contributed by atoms with van der Waals surface area (Å²) < 4.78 is 5.09. The Kier molecular flexibility index (Phi) is 5.16. The summed E-state index contributed by atoms with van der Waals surface area (Å²) in [6, 6.07) is 0. The minimum atomic E-state index is -1.44. The standard InChI is InChI=1S/C10H17NO6/c1-5(13)2-3-11-10-9(16)8(15)7(14)6(4-12)17-10/h3,6-10,12,14-16H,2,4H2,1H3/t6-,7+,8-,9-,10-/m1/s1. The fourth-order valence-electron chi connectivity index (χ4n) is 1.49. The molecule has 0 radical (unpaired) electrons. The third-order valence-electron chi connectivity index (χ3n) is 2.50. The van der Waals surface area contributed by atoms with Crippen molar-refractivity contribution in [2.75, 3.05) is 6.61 Å². The van der Waals surface area contributed by atoms with Crippen LogP contribution in [0.15, 0.2) is 4.99 Å². The van der Waals surface area contributed by atoms with E-state index >= 15 is 0 Å². The van der Waals surface area contributed by atoms with Gasteiger partial charge in [0.2, 0.25) is 0 Å². The van der Waals surface area contributed by atoms with Crippen LogP contribution in [0.4, 0.5) is 0 Å². The molecule has 0 amide bonds. The second kappa shape index (κ2) is 6.18. The van der Waals surface area contributed by atoms with E-state index in [1.54, 1.807) is 0 Å². The molecule has 1 heterocycles. The minimum absolute atomic E-state index is 0.0923. The molecule has 1 aliphatic rings. The molecule has 5 atom stereocenters. The summed E-state index contributed by atoms with van der Waals surface area (Å²) in [5.74, 6) is -0.0988. The van der Waals surface area contributed by atoms with Gasteiger partial charge in [-0.05, 0) is 6.92 Å². The van der Waals surface area contributed by atoms with E-state index in [2.05, 4.69) is 4.99 Å². The molecule has 1 rings (SSSR count). The molecule has 7 nitrogen and oxygen atoms in total. The number of aliphatic hydroxyl groups excluding tert-OH is 4. The second-order valence-electron chi connectivity index (χ2n) is 3.96. The van der Waals surface area contributed by atoms with E-state index in [4.69, 9.17) is 9.84 Å². The number of carbonyl (C=O) groups excluding carboxylic acids is 1. The summed E-state index contributed by atoms with van der Waals surface area (Å²) >= 11 is 0. The fraction of sp³-hybridized carbons (Fsp3) is 0.800. The van der Waals surface area contributed by atoms with Crippen LogP contribution in [-0.2, 0) is 9.53 Å². The predicted molar refractivity (Wildman–Crippen MR) is 57.6 cm³/mol. The highest BCUT2D eigenvalue weighted by atomic mass is 16.6. The predicted octanol–water partition coefficient (Wildman–Crippen LogP) is -2.16. The van der Waals surface area contributed by atoms with Crippen LogP contribution in [0, 0.1) is 0 Å². The Hall–Kier alpha value is -0.860. The highest BCUT2D eigenvalue weighted by molar-refractivity contribution is 5.89. The quantitative estimate of drug-likeness (QED) is 0.420.